The number of hydrogen-bond acceptors (Lipinski definition) is 1. The fraction of sp³-hybridized carbons (Fsp3) is 1.00. The topological polar surface area (TPSA) is 12.0 Å². The lowest BCUT2D eigenvalue weighted by Gasteiger charge is -2.05. The maximum Gasteiger partial charge on any atom is 0.0319 e. The number of rotatable bonds is 10. The minimum absolute atomic E-state index is 0.312. The van der Waals surface area contributed by atoms with Gasteiger partial charge in [0.1, 0.15) is 0 Å². The number of nitrogens with one attached hydrogen (secondary N) is 1. The molecule has 14 heavy (non-hydrogen) atoms. The van der Waals surface area contributed by atoms with Crippen LogP contribution in [0.5, 0.6) is 0 Å². The van der Waals surface area contributed by atoms with Crippen molar-refractivity contribution >= 4 is 11.6 Å². The molecule has 0 aliphatic carbocycles. The van der Waals surface area contributed by atoms with Crippen molar-refractivity contribution in [2.75, 3.05) is 13.1 Å². The van der Waals surface area contributed by atoms with Crippen LogP contribution in [0.15, 0.2) is 0 Å². The second kappa shape index (κ2) is 11.3. The molecule has 0 saturated heterocycles. The van der Waals surface area contributed by atoms with E-state index < -0.39 is 0 Å². The SMILES string of the molecule is CCCCCCCCNCCC(C)Cl. The molecule has 1 nitrogen and oxygen atoms in total. The molecule has 0 aromatic rings. The first-order chi connectivity index (χ1) is 6.77. The molecule has 86 valence electrons. The van der Waals surface area contributed by atoms with Crippen LogP contribution in [0, 0.1) is 0 Å². The molecule has 1 atom stereocenters. The van der Waals surface area contributed by atoms with E-state index >= 15 is 0 Å². The summed E-state index contributed by atoms with van der Waals surface area (Å²) < 4.78 is 0. The van der Waals surface area contributed by atoms with Crippen molar-refractivity contribution in [2.45, 2.75) is 64.2 Å². The van der Waals surface area contributed by atoms with Gasteiger partial charge >= 0.3 is 0 Å². The van der Waals surface area contributed by atoms with E-state index in [0.29, 0.717) is 5.38 Å². The zero-order chi connectivity index (χ0) is 10.6. The first-order valence-corrected chi connectivity index (χ1v) is 6.55. The third-order valence-electron chi connectivity index (χ3n) is 2.43. The Morgan fingerprint density at radius 1 is 1.00 bits per heavy atom. The Morgan fingerprint density at radius 2 is 1.64 bits per heavy atom. The highest BCUT2D eigenvalue weighted by molar-refractivity contribution is 6.20. The maximum absolute atomic E-state index is 5.84. The fourth-order valence-corrected chi connectivity index (χ4v) is 1.57. The summed E-state index contributed by atoms with van der Waals surface area (Å²) in [5.74, 6) is 0. The standard InChI is InChI=1S/C12H26ClN/c1-3-4-5-6-7-8-10-14-11-9-12(2)13/h12,14H,3-11H2,1-2H3. The fourth-order valence-electron chi connectivity index (χ4n) is 1.46. The van der Waals surface area contributed by atoms with E-state index in [-0.39, 0.29) is 0 Å². The van der Waals surface area contributed by atoms with E-state index in [4.69, 9.17) is 11.6 Å². The highest BCUT2D eigenvalue weighted by Crippen LogP contribution is 2.04. The lowest BCUT2D eigenvalue weighted by Crippen LogP contribution is -2.18. The molecule has 0 saturated carbocycles. The Labute approximate surface area is 94.6 Å². The summed E-state index contributed by atoms with van der Waals surface area (Å²) in [5, 5.41) is 3.74. The van der Waals surface area contributed by atoms with Gasteiger partial charge in [0.05, 0.1) is 0 Å². The Balaban J connectivity index is 2.85. The molecule has 0 aliphatic heterocycles. The highest BCUT2D eigenvalue weighted by atomic mass is 35.5. The molecule has 0 rings (SSSR count). The van der Waals surface area contributed by atoms with Gasteiger partial charge in [-0.25, -0.2) is 0 Å². The van der Waals surface area contributed by atoms with Crippen molar-refractivity contribution < 1.29 is 0 Å². The van der Waals surface area contributed by atoms with Crippen molar-refractivity contribution in [3.05, 3.63) is 0 Å². The minimum Gasteiger partial charge on any atom is -0.317 e. The van der Waals surface area contributed by atoms with Crippen LogP contribution in [0.25, 0.3) is 0 Å². The monoisotopic (exact) mass is 219 g/mol. The summed E-state index contributed by atoms with van der Waals surface area (Å²) in [6, 6.07) is 0. The summed E-state index contributed by atoms with van der Waals surface area (Å²) >= 11 is 5.84. The molecule has 0 fully saturated rings. The molecular formula is C12H26ClN. The maximum atomic E-state index is 5.84. The number of hydrogen-bond donors (Lipinski definition) is 1. The molecule has 0 radical (unpaired) electrons. The van der Waals surface area contributed by atoms with Crippen molar-refractivity contribution in [3.8, 4) is 0 Å². The minimum atomic E-state index is 0.312. The zero-order valence-corrected chi connectivity index (χ0v) is 10.6. The predicted octanol–water partition coefficient (Wildman–Crippen LogP) is 3.95. The van der Waals surface area contributed by atoms with E-state index in [2.05, 4.69) is 12.2 Å². The third kappa shape index (κ3) is 12.2. The van der Waals surface area contributed by atoms with E-state index in [1.807, 2.05) is 6.92 Å². The van der Waals surface area contributed by atoms with Gasteiger partial charge < -0.3 is 5.32 Å². The molecule has 2 heteroatoms. The first kappa shape index (κ1) is 14.2. The lowest BCUT2D eigenvalue weighted by molar-refractivity contribution is 0.564. The Morgan fingerprint density at radius 3 is 2.29 bits per heavy atom. The van der Waals surface area contributed by atoms with Gasteiger partial charge in [0.25, 0.3) is 0 Å². The van der Waals surface area contributed by atoms with Gasteiger partial charge in [0.2, 0.25) is 0 Å². The van der Waals surface area contributed by atoms with Crippen LogP contribution < -0.4 is 5.32 Å². The van der Waals surface area contributed by atoms with Gasteiger partial charge in [0, 0.05) is 5.38 Å². The summed E-state index contributed by atoms with van der Waals surface area (Å²) in [6.45, 7) is 6.54. The second-order valence-corrected chi connectivity index (χ2v) is 4.83. The van der Waals surface area contributed by atoms with Crippen molar-refractivity contribution in [1.82, 2.24) is 5.32 Å². The average Bonchev–Trinajstić information content (AvgIpc) is 2.15. The van der Waals surface area contributed by atoms with E-state index in [1.165, 1.54) is 38.5 Å². The quantitative estimate of drug-likeness (QED) is 0.433. The van der Waals surface area contributed by atoms with Crippen molar-refractivity contribution in [1.29, 1.82) is 0 Å². The van der Waals surface area contributed by atoms with Crippen LogP contribution in [0.1, 0.15) is 58.8 Å². The molecular weight excluding hydrogens is 194 g/mol. The van der Waals surface area contributed by atoms with Crippen LogP contribution in [-0.2, 0) is 0 Å². The van der Waals surface area contributed by atoms with Crippen LogP contribution >= 0.6 is 11.6 Å². The van der Waals surface area contributed by atoms with Crippen LogP contribution in [0.2, 0.25) is 0 Å². The molecule has 0 aromatic heterocycles. The summed E-state index contributed by atoms with van der Waals surface area (Å²) in [5.41, 5.74) is 0. The predicted molar refractivity (Wildman–Crippen MR) is 66.2 cm³/mol. The van der Waals surface area contributed by atoms with Crippen LogP contribution in [0.3, 0.4) is 0 Å². The Bertz CT molecular complexity index is 104. The van der Waals surface area contributed by atoms with Crippen molar-refractivity contribution in [2.24, 2.45) is 0 Å². The van der Waals surface area contributed by atoms with Gasteiger partial charge in [-0.15, -0.1) is 11.6 Å². The number of alkyl halides is 1. The van der Waals surface area contributed by atoms with Gasteiger partial charge in [-0.1, -0.05) is 39.0 Å². The molecule has 0 bridgehead atoms. The smallest absolute Gasteiger partial charge is 0.0319 e. The Hall–Kier alpha value is 0.250. The van der Waals surface area contributed by atoms with Gasteiger partial charge in [-0.05, 0) is 32.9 Å². The van der Waals surface area contributed by atoms with Crippen molar-refractivity contribution in [3.63, 3.8) is 0 Å². The first-order valence-electron chi connectivity index (χ1n) is 6.12. The van der Waals surface area contributed by atoms with E-state index in [1.54, 1.807) is 0 Å². The number of halogens is 1. The normalized spacial score (nSPS) is 13.1. The Kier molecular flexibility index (Phi) is 11.5. The van der Waals surface area contributed by atoms with Gasteiger partial charge in [0.15, 0.2) is 0 Å². The molecule has 0 spiro atoms. The zero-order valence-electron chi connectivity index (χ0n) is 9.82. The molecule has 1 unspecified atom stereocenters. The van der Waals surface area contributed by atoms with Gasteiger partial charge in [-0.3, -0.25) is 0 Å². The van der Waals surface area contributed by atoms with E-state index in [9.17, 15) is 0 Å². The number of unbranched alkanes of at least 4 members (excludes halogenated alkanes) is 5. The highest BCUT2D eigenvalue weighted by Gasteiger charge is 1.94. The van der Waals surface area contributed by atoms with E-state index in [0.717, 1.165) is 19.5 Å². The largest absolute Gasteiger partial charge is 0.317 e. The molecule has 0 amide bonds. The van der Waals surface area contributed by atoms with Crippen LogP contribution in [-0.4, -0.2) is 18.5 Å². The second-order valence-electron chi connectivity index (χ2n) is 4.09. The average molecular weight is 220 g/mol. The van der Waals surface area contributed by atoms with Crippen LogP contribution in [0.4, 0.5) is 0 Å². The van der Waals surface area contributed by atoms with Gasteiger partial charge in [-0.2, -0.15) is 0 Å². The lowest BCUT2D eigenvalue weighted by atomic mass is 10.1. The summed E-state index contributed by atoms with van der Waals surface area (Å²) in [4.78, 5) is 0. The summed E-state index contributed by atoms with van der Waals surface area (Å²) in [6.07, 6.45) is 9.33. The molecule has 0 heterocycles. The molecule has 0 aromatic carbocycles. The molecule has 1 N–H and O–H groups in total. The third-order valence-corrected chi connectivity index (χ3v) is 2.64. The molecule has 0 aliphatic rings. The summed E-state index contributed by atoms with van der Waals surface area (Å²) in [7, 11) is 0.